The normalized spacial score (nSPS) is 17.5. The van der Waals surface area contributed by atoms with Crippen LogP contribution in [0.4, 0.5) is 0 Å². The number of fused-ring (bicyclic) bond motifs is 4. The summed E-state index contributed by atoms with van der Waals surface area (Å²) in [6.07, 6.45) is 13.1. The molecule has 143 heavy (non-hydrogen) atoms. The first-order chi connectivity index (χ1) is 68.5. The molecular weight excluding hydrogens is 1850 g/mol. The number of carbonyl (C=O) groups is 10. The molecule has 8 atom stereocenters. The van der Waals surface area contributed by atoms with Crippen molar-refractivity contribution in [2.75, 3.05) is 39.4 Å². The second-order valence-corrected chi connectivity index (χ2v) is 42.3. The van der Waals surface area contributed by atoms with Crippen molar-refractivity contribution < 1.29 is 83.0 Å². The number of carboxylic acids is 1. The van der Waals surface area contributed by atoms with Gasteiger partial charge in [-0.3, -0.25) is 47.9 Å². The van der Waals surface area contributed by atoms with Crippen LogP contribution in [0.3, 0.4) is 0 Å². The monoisotopic (exact) mass is 1990 g/mol. The fraction of sp³-hybridized carbons (Fsp3) is 0.473. The number of nitrogens with one attached hydrogen (secondary N) is 5. The van der Waals surface area contributed by atoms with E-state index in [1.165, 1.54) is 20.9 Å². The van der Waals surface area contributed by atoms with Gasteiger partial charge in [0.25, 0.3) is 11.8 Å². The lowest BCUT2D eigenvalue weighted by atomic mass is 9.76. The van der Waals surface area contributed by atoms with E-state index in [1.54, 1.807) is 52.4 Å². The number of aromatic nitrogens is 6. The first-order valence-electron chi connectivity index (χ1n) is 50.0. The molecule has 10 aromatic rings. The molecule has 4 aromatic heterocycles. The second-order valence-electron chi connectivity index (χ2n) is 40.5. The van der Waals surface area contributed by atoms with Crippen molar-refractivity contribution >= 4 is 81.6 Å². The number of thiazole rings is 2. The molecule has 2 fully saturated rings. The maximum absolute atomic E-state index is 14.1. The molecule has 6 aromatic carbocycles. The fourth-order valence-corrected chi connectivity index (χ4v) is 21.3. The Morgan fingerprint density at radius 2 is 1.03 bits per heavy atom. The van der Waals surface area contributed by atoms with Gasteiger partial charge in [0.2, 0.25) is 29.5 Å². The summed E-state index contributed by atoms with van der Waals surface area (Å²) in [5.41, 5.74) is 26.4. The number of carboxylic acid groups (broad SMARTS) is 1. The molecule has 0 spiro atoms. The van der Waals surface area contributed by atoms with Crippen LogP contribution in [0, 0.1) is 44.4 Å². The Labute approximate surface area is 843 Å². The Kier molecular flexibility index (Phi) is 35.9. The Morgan fingerprint density at radius 3 is 1.51 bits per heavy atom. The zero-order valence-electron chi connectivity index (χ0n) is 83.6. The number of ether oxygens (including phenoxy) is 2. The molecule has 2 aliphatic carbocycles. The van der Waals surface area contributed by atoms with E-state index in [1.807, 2.05) is 123 Å². The van der Waals surface area contributed by atoms with Crippen molar-refractivity contribution in [3.05, 3.63) is 222 Å². The number of nitrogens with two attached hydrogens (primary N) is 1. The van der Waals surface area contributed by atoms with Gasteiger partial charge in [0, 0.05) is 144 Å². The SMILES string of the molecule is Cc1c(CO)cc(C(=O)N[C@@H]2CCc3ccc(-c4cn5c(n4)CCC5)cc32)cc1OCCCN.Cc1ncsc1-c1ccc(CCC(=O)[C@@H]2C[C@@H](O)CN2C(=O)[C@@H](CC(=O)CCCC(=O)O)C(C)(C)C)cc1.Cc1ncsc1-c1ccc(CNC(=O)[C@@H]2C[C@@H](O)CN2C(=O)[C@@H](NC(=O)CCCC(=O)NCCCOc2cc(C(=O)N[C@@H]3CCc4ccc(-c5cn6c(n5)CCC6)cc43)cc(CO)c2C)C(C)(C)C)cc1. The van der Waals surface area contributed by atoms with Crippen LogP contribution in [-0.2, 0) is 103 Å². The molecule has 760 valence electrons. The van der Waals surface area contributed by atoms with Crippen LogP contribution in [0.15, 0.2) is 133 Å². The van der Waals surface area contributed by atoms with Crippen LogP contribution in [-0.4, -0.2) is 193 Å². The van der Waals surface area contributed by atoms with E-state index < -0.39 is 64.9 Å². The third-order valence-corrected chi connectivity index (χ3v) is 29.9. The predicted molar refractivity (Wildman–Crippen MR) is 547 cm³/mol. The smallest absolute Gasteiger partial charge is 0.303 e. The summed E-state index contributed by atoms with van der Waals surface area (Å²) >= 11 is 3.15. The Hall–Kier alpha value is -12.5. The molecule has 0 unspecified atom stereocenters. The molecule has 0 bridgehead atoms. The number of benzene rings is 6. The van der Waals surface area contributed by atoms with E-state index >= 15 is 0 Å². The van der Waals surface area contributed by atoms with Gasteiger partial charge < -0.3 is 86.3 Å². The van der Waals surface area contributed by atoms with E-state index in [-0.39, 0.29) is 157 Å². The summed E-state index contributed by atoms with van der Waals surface area (Å²) < 4.78 is 16.4. The van der Waals surface area contributed by atoms with E-state index in [9.17, 15) is 68.4 Å². The predicted octanol–water partition coefficient (Wildman–Crippen LogP) is 13.9. The van der Waals surface area contributed by atoms with Gasteiger partial charge in [0.1, 0.15) is 41.0 Å². The zero-order chi connectivity index (χ0) is 102. The third kappa shape index (κ3) is 27.1. The number of carbonyl (C=O) groups excluding carboxylic acids is 9. The first-order valence-corrected chi connectivity index (χ1v) is 51.8. The van der Waals surface area contributed by atoms with Crippen LogP contribution in [0.1, 0.15) is 256 Å². The lowest BCUT2D eigenvalue weighted by Crippen LogP contribution is -2.57. The lowest BCUT2D eigenvalue weighted by Gasteiger charge is -2.35. The largest absolute Gasteiger partial charge is 0.493 e. The number of aliphatic carboxylic acids is 1. The van der Waals surface area contributed by atoms with E-state index in [4.69, 9.17) is 30.3 Å². The maximum Gasteiger partial charge on any atom is 0.303 e. The van der Waals surface area contributed by atoms with E-state index in [2.05, 4.69) is 94.5 Å². The van der Waals surface area contributed by atoms with Gasteiger partial charge in [-0.1, -0.05) is 114 Å². The summed E-state index contributed by atoms with van der Waals surface area (Å²) in [5.74, 6) is -0.727. The number of imidazole rings is 2. The molecular formula is C110H136N14O17S2. The number of likely N-dealkylation sites (tertiary alicyclic amines) is 2. The standard InChI is InChI=1S/C54H66N8O8S.C29H38N2O6S.C27H32N4O3/c1-32-39(30-63)23-38(51(67)59-42-19-18-35-16-17-37(24-41(35)42)43-29-61-21-7-9-46(61)58-43)25-45(32)70-22-8-20-55-47(65)10-6-11-48(66)60-50(54(3,4)5)53(69)62-28-40(64)26-44(62)52(68)56-27-34-12-14-36(15-13-34)49-33(2)57-31-71-49;1-18-27(38-17-30-18)20-11-8-19(9-12-20)10-13-25(34)24-15-22(33)16-31(24)28(37)23(29(2,3)4)14-21(32)6-5-7-26(35)36;1-17-21(16-32)12-20(14-25(17)34-11-3-9-28)27(33)30-23-8-7-18-5-6-19(13-22(18)23)24-15-31-10-2-4-26(31)29-24/h12-17,23-25,29,31,40,42,44,50,63-64H,6-11,18-22,26-28,30H2,1-5H3,(H,55,65)(H,56,68)(H,59,67)(H,60,66);8-9,11-12,17,22-24,33H,5-7,10,13-16H2,1-4H3,(H,35,36);5-6,12-15,23,32H,2-4,7-11,16,28H2,1H3,(H,30,33)/t40-,42-,44+,50-;22-,23-,24+;23-/m111/s1. The van der Waals surface area contributed by atoms with Crippen molar-refractivity contribution in [3.63, 3.8) is 0 Å². The molecule has 0 radical (unpaired) electrons. The molecule has 12 N–H and O–H groups in total. The number of β-amino-alcohol motifs (C(OH)–C–C–N with tert-alkyl or cyclic N) is 2. The van der Waals surface area contributed by atoms with E-state index in [0.29, 0.717) is 66.3 Å². The third-order valence-electron chi connectivity index (χ3n) is 28.0. The van der Waals surface area contributed by atoms with Gasteiger partial charge >= 0.3 is 5.97 Å². The number of aliphatic hydroxyl groups excluding tert-OH is 4. The number of Topliss-reactive ketones (excluding diaryl/α,β-unsaturated/α-hetero) is 2. The van der Waals surface area contributed by atoms with Crippen LogP contribution in [0.25, 0.3) is 43.4 Å². The number of aliphatic hydroxyl groups is 4. The molecule has 6 aliphatic rings. The molecule has 16 rings (SSSR count). The number of hydrogen-bond acceptors (Lipinski definition) is 23. The fourth-order valence-electron chi connectivity index (χ4n) is 19.7. The highest BCUT2D eigenvalue weighted by Gasteiger charge is 2.47. The molecule has 33 heteroatoms. The van der Waals surface area contributed by atoms with Crippen molar-refractivity contribution in [3.8, 4) is 54.9 Å². The highest BCUT2D eigenvalue weighted by Crippen LogP contribution is 2.41. The highest BCUT2D eigenvalue weighted by molar-refractivity contribution is 7.13. The number of aryl methyl sites for hydroxylation is 9. The van der Waals surface area contributed by atoms with Crippen molar-refractivity contribution in [2.45, 2.75) is 279 Å². The minimum atomic E-state index is -0.980. The summed E-state index contributed by atoms with van der Waals surface area (Å²) in [4.78, 5) is 154. The van der Waals surface area contributed by atoms with Crippen LogP contribution in [0.5, 0.6) is 11.5 Å². The average molecular weight is 1990 g/mol. The van der Waals surface area contributed by atoms with Gasteiger partial charge in [-0.05, 0) is 219 Å². The molecule has 4 aliphatic heterocycles. The number of ketones is 2. The highest BCUT2D eigenvalue weighted by atomic mass is 32.1. The van der Waals surface area contributed by atoms with Gasteiger partial charge in [-0.15, -0.1) is 22.7 Å². The van der Waals surface area contributed by atoms with Crippen molar-refractivity contribution in [2.24, 2.45) is 22.5 Å². The van der Waals surface area contributed by atoms with Crippen LogP contribution in [0.2, 0.25) is 0 Å². The van der Waals surface area contributed by atoms with Gasteiger partial charge in [-0.25, -0.2) is 19.9 Å². The van der Waals surface area contributed by atoms with Gasteiger partial charge in [0.15, 0.2) is 5.78 Å². The molecule has 2 saturated heterocycles. The zero-order valence-corrected chi connectivity index (χ0v) is 85.2. The van der Waals surface area contributed by atoms with Crippen LogP contribution < -0.4 is 41.8 Å². The Bertz CT molecular complexity index is 6200. The molecule has 8 heterocycles. The summed E-state index contributed by atoms with van der Waals surface area (Å²) in [6, 6.07) is 32.8. The van der Waals surface area contributed by atoms with Crippen molar-refractivity contribution in [1.82, 2.24) is 65.5 Å². The first kappa shape index (κ1) is 106. The summed E-state index contributed by atoms with van der Waals surface area (Å²) in [5, 5.41) is 64.8. The Balaban J connectivity index is 0.000000189. The summed E-state index contributed by atoms with van der Waals surface area (Å²) in [7, 11) is 0. The minimum Gasteiger partial charge on any atom is -0.493 e. The number of nitrogens with zero attached hydrogens (tertiary/aromatic N) is 8. The van der Waals surface area contributed by atoms with Crippen LogP contribution >= 0.6 is 22.7 Å². The molecule has 31 nitrogen and oxygen atoms in total. The molecule has 7 amide bonds. The lowest BCUT2D eigenvalue weighted by molar-refractivity contribution is -0.146. The molecule has 0 saturated carbocycles. The minimum absolute atomic E-state index is 0.00192. The quantitative estimate of drug-likeness (QED) is 0.0159. The van der Waals surface area contributed by atoms with Crippen molar-refractivity contribution in [1.29, 1.82) is 0 Å². The maximum atomic E-state index is 14.1. The topological polar surface area (TPSA) is 444 Å². The summed E-state index contributed by atoms with van der Waals surface area (Å²) in [6.45, 7) is 22.2. The second kappa shape index (κ2) is 48.3. The van der Waals surface area contributed by atoms with Gasteiger partial charge in [0.05, 0.1) is 100 Å². The number of hydrogen-bond donors (Lipinski definition) is 11. The number of amides is 7. The number of rotatable bonds is 39. The average Bonchev–Trinajstić information content (AvgIpc) is 1.65. The van der Waals surface area contributed by atoms with E-state index in [0.717, 1.165) is 171 Å². The van der Waals surface area contributed by atoms with Gasteiger partial charge in [-0.2, -0.15) is 0 Å². The Morgan fingerprint density at radius 1 is 0.538 bits per heavy atom.